The minimum absolute atomic E-state index is 0.0376. The first-order valence-corrected chi connectivity index (χ1v) is 9.27. The van der Waals surface area contributed by atoms with Crippen molar-refractivity contribution in [3.8, 4) is 0 Å². The van der Waals surface area contributed by atoms with Crippen LogP contribution in [0, 0.1) is 23.5 Å². The van der Waals surface area contributed by atoms with Gasteiger partial charge in [-0.25, -0.2) is 8.78 Å². The summed E-state index contributed by atoms with van der Waals surface area (Å²) in [6.07, 6.45) is 3.39. The zero-order valence-corrected chi connectivity index (χ0v) is 14.8. The largest absolute Gasteiger partial charge is 0.356 e. The van der Waals surface area contributed by atoms with Gasteiger partial charge in [0, 0.05) is 31.6 Å². The molecule has 1 atom stereocenters. The molecule has 5 nitrogen and oxygen atoms in total. The number of piperidine rings is 2. The van der Waals surface area contributed by atoms with Crippen molar-refractivity contribution in [2.75, 3.05) is 32.7 Å². The quantitative estimate of drug-likeness (QED) is 0.857. The molecule has 2 N–H and O–H groups in total. The number of carbonyl (C=O) groups is 2. The summed E-state index contributed by atoms with van der Waals surface area (Å²) in [5.41, 5.74) is -0.126. The highest BCUT2D eigenvalue weighted by Gasteiger charge is 2.29. The topological polar surface area (TPSA) is 61.4 Å². The number of benzene rings is 1. The molecular weight excluding hydrogens is 340 g/mol. The van der Waals surface area contributed by atoms with Crippen LogP contribution in [0.1, 0.15) is 36.0 Å². The smallest absolute Gasteiger partial charge is 0.256 e. The molecule has 2 heterocycles. The third-order valence-electron chi connectivity index (χ3n) is 5.28. The molecule has 0 radical (unpaired) electrons. The molecule has 2 amide bonds. The highest BCUT2D eigenvalue weighted by Crippen LogP contribution is 2.21. The maximum atomic E-state index is 13.8. The summed E-state index contributed by atoms with van der Waals surface area (Å²) in [7, 11) is 0. The predicted octanol–water partition coefficient (Wildman–Crippen LogP) is 1.93. The molecule has 0 aliphatic carbocycles. The number of halogens is 2. The van der Waals surface area contributed by atoms with E-state index in [0.717, 1.165) is 32.0 Å². The van der Waals surface area contributed by atoms with Crippen molar-refractivity contribution in [1.82, 2.24) is 15.5 Å². The van der Waals surface area contributed by atoms with Crippen LogP contribution in [0.5, 0.6) is 0 Å². The summed E-state index contributed by atoms with van der Waals surface area (Å²) in [6.45, 7) is 3.48. The van der Waals surface area contributed by atoms with Crippen molar-refractivity contribution in [1.29, 1.82) is 0 Å². The first kappa shape index (κ1) is 18.8. The van der Waals surface area contributed by atoms with Gasteiger partial charge in [-0.1, -0.05) is 0 Å². The molecule has 1 unspecified atom stereocenters. The lowest BCUT2D eigenvalue weighted by atomic mass is 9.94. The number of hydrogen-bond donors (Lipinski definition) is 2. The predicted molar refractivity (Wildman–Crippen MR) is 93.6 cm³/mol. The molecule has 0 aromatic heterocycles. The Labute approximate surface area is 152 Å². The van der Waals surface area contributed by atoms with E-state index in [1.165, 1.54) is 11.0 Å². The van der Waals surface area contributed by atoms with E-state index >= 15 is 0 Å². The van der Waals surface area contributed by atoms with Crippen LogP contribution in [0.25, 0.3) is 0 Å². The summed E-state index contributed by atoms with van der Waals surface area (Å²) >= 11 is 0. The molecule has 0 saturated carbocycles. The van der Waals surface area contributed by atoms with Gasteiger partial charge in [0.05, 0.1) is 5.56 Å². The van der Waals surface area contributed by atoms with Crippen LogP contribution in [0.2, 0.25) is 0 Å². The van der Waals surface area contributed by atoms with Gasteiger partial charge in [0.25, 0.3) is 5.91 Å². The molecule has 26 heavy (non-hydrogen) atoms. The maximum absolute atomic E-state index is 13.8. The van der Waals surface area contributed by atoms with Gasteiger partial charge in [0.15, 0.2) is 0 Å². The molecule has 2 aliphatic heterocycles. The molecule has 7 heteroatoms. The summed E-state index contributed by atoms with van der Waals surface area (Å²) in [5, 5.41) is 6.36. The highest BCUT2D eigenvalue weighted by atomic mass is 19.1. The molecule has 0 spiro atoms. The molecule has 1 aromatic carbocycles. The van der Waals surface area contributed by atoms with Crippen LogP contribution in [0.4, 0.5) is 8.78 Å². The summed E-state index contributed by atoms with van der Waals surface area (Å²) in [5.74, 6) is -1.60. The van der Waals surface area contributed by atoms with E-state index in [4.69, 9.17) is 0 Å². The molecule has 2 saturated heterocycles. The standard InChI is InChI=1S/C19H25F2N3O2/c20-15-3-4-16(17(21)10-15)19(26)24-8-5-14(6-9-24)18(25)23-12-13-2-1-7-22-11-13/h3-4,10,13-14,22H,1-2,5-9,11-12H2,(H,23,25). The Bertz CT molecular complexity index is 654. The SMILES string of the molecule is O=C(NCC1CCCNC1)C1CCN(C(=O)c2ccc(F)cc2F)CC1. The van der Waals surface area contributed by atoms with Crippen molar-refractivity contribution in [3.05, 3.63) is 35.4 Å². The van der Waals surface area contributed by atoms with E-state index in [0.29, 0.717) is 44.5 Å². The van der Waals surface area contributed by atoms with Crippen molar-refractivity contribution in [3.63, 3.8) is 0 Å². The number of nitrogens with zero attached hydrogens (tertiary/aromatic N) is 1. The van der Waals surface area contributed by atoms with Gasteiger partial charge < -0.3 is 15.5 Å². The molecule has 0 bridgehead atoms. The summed E-state index contributed by atoms with van der Waals surface area (Å²) in [6, 6.07) is 2.97. The molecule has 3 rings (SSSR count). The van der Waals surface area contributed by atoms with Crippen molar-refractivity contribution < 1.29 is 18.4 Å². The molecule has 2 fully saturated rings. The van der Waals surface area contributed by atoms with E-state index in [1.807, 2.05) is 0 Å². The zero-order valence-electron chi connectivity index (χ0n) is 14.8. The number of nitrogens with one attached hydrogen (secondary N) is 2. The van der Waals surface area contributed by atoms with Crippen molar-refractivity contribution in [2.24, 2.45) is 11.8 Å². The second-order valence-electron chi connectivity index (χ2n) is 7.15. The number of carbonyl (C=O) groups excluding carboxylic acids is 2. The average molecular weight is 365 g/mol. The first-order chi connectivity index (χ1) is 12.5. The van der Waals surface area contributed by atoms with E-state index in [9.17, 15) is 18.4 Å². The Kier molecular flexibility index (Phi) is 6.19. The van der Waals surface area contributed by atoms with Gasteiger partial charge in [-0.05, 0) is 56.8 Å². The van der Waals surface area contributed by atoms with Crippen LogP contribution in [-0.2, 0) is 4.79 Å². The van der Waals surface area contributed by atoms with Gasteiger partial charge in [-0.2, -0.15) is 0 Å². The number of amides is 2. The van der Waals surface area contributed by atoms with Gasteiger partial charge in [-0.15, -0.1) is 0 Å². The fraction of sp³-hybridized carbons (Fsp3) is 0.579. The minimum atomic E-state index is -0.851. The lowest BCUT2D eigenvalue weighted by Gasteiger charge is -2.32. The second kappa shape index (κ2) is 8.58. The molecule has 1 aromatic rings. The van der Waals surface area contributed by atoms with Crippen LogP contribution < -0.4 is 10.6 Å². The Balaban J connectivity index is 1.47. The average Bonchev–Trinajstić information content (AvgIpc) is 2.66. The number of rotatable bonds is 4. The number of hydrogen-bond acceptors (Lipinski definition) is 3. The second-order valence-corrected chi connectivity index (χ2v) is 7.15. The van der Waals surface area contributed by atoms with Crippen LogP contribution in [0.3, 0.4) is 0 Å². The van der Waals surface area contributed by atoms with Crippen molar-refractivity contribution in [2.45, 2.75) is 25.7 Å². The Morgan fingerprint density at radius 2 is 1.96 bits per heavy atom. The van der Waals surface area contributed by atoms with E-state index in [1.54, 1.807) is 0 Å². The third kappa shape index (κ3) is 4.58. The minimum Gasteiger partial charge on any atom is -0.356 e. The fourth-order valence-electron chi connectivity index (χ4n) is 3.67. The maximum Gasteiger partial charge on any atom is 0.256 e. The van der Waals surface area contributed by atoms with Gasteiger partial charge >= 0.3 is 0 Å². The normalized spacial score (nSPS) is 21.5. The zero-order chi connectivity index (χ0) is 18.5. The van der Waals surface area contributed by atoms with Crippen LogP contribution in [0.15, 0.2) is 18.2 Å². The van der Waals surface area contributed by atoms with E-state index in [2.05, 4.69) is 10.6 Å². The van der Waals surface area contributed by atoms with Gasteiger partial charge in [0.2, 0.25) is 5.91 Å². The van der Waals surface area contributed by atoms with E-state index < -0.39 is 17.5 Å². The fourth-order valence-corrected chi connectivity index (χ4v) is 3.67. The lowest BCUT2D eigenvalue weighted by molar-refractivity contribution is -0.126. The van der Waals surface area contributed by atoms with Crippen LogP contribution >= 0.6 is 0 Å². The van der Waals surface area contributed by atoms with Crippen LogP contribution in [-0.4, -0.2) is 49.4 Å². The summed E-state index contributed by atoms with van der Waals surface area (Å²) < 4.78 is 26.8. The Morgan fingerprint density at radius 1 is 1.19 bits per heavy atom. The van der Waals surface area contributed by atoms with Gasteiger partial charge in [-0.3, -0.25) is 9.59 Å². The highest BCUT2D eigenvalue weighted by molar-refractivity contribution is 5.94. The van der Waals surface area contributed by atoms with Gasteiger partial charge in [0.1, 0.15) is 11.6 Å². The van der Waals surface area contributed by atoms with Crippen molar-refractivity contribution >= 4 is 11.8 Å². The first-order valence-electron chi connectivity index (χ1n) is 9.27. The Hall–Kier alpha value is -2.02. The molecular formula is C19H25F2N3O2. The van der Waals surface area contributed by atoms with E-state index in [-0.39, 0.29) is 17.4 Å². The Morgan fingerprint density at radius 3 is 2.62 bits per heavy atom. The molecule has 142 valence electrons. The monoisotopic (exact) mass is 365 g/mol. The number of likely N-dealkylation sites (tertiary alicyclic amines) is 1. The third-order valence-corrected chi connectivity index (χ3v) is 5.28. The molecule has 2 aliphatic rings. The summed E-state index contributed by atoms with van der Waals surface area (Å²) in [4.78, 5) is 26.3. The lowest BCUT2D eigenvalue weighted by Crippen LogP contribution is -2.45.